The van der Waals surface area contributed by atoms with Crippen LogP contribution in [0.2, 0.25) is 5.02 Å². The third-order valence-electron chi connectivity index (χ3n) is 12.1. The van der Waals surface area contributed by atoms with E-state index in [9.17, 15) is 18.5 Å². The number of hydrogen-bond donors (Lipinski definition) is 2. The van der Waals surface area contributed by atoms with Crippen LogP contribution in [0.5, 0.6) is 0 Å². The topological polar surface area (TPSA) is 137 Å². The molecule has 12 nitrogen and oxygen atoms in total. The zero-order chi connectivity index (χ0) is 43.2. The average molecular weight is 892 g/mol. The lowest BCUT2D eigenvalue weighted by Crippen LogP contribution is -2.46. The van der Waals surface area contributed by atoms with Gasteiger partial charge >= 0.3 is 0 Å². The normalized spacial score (nSPS) is 17.9. The first-order valence-electron chi connectivity index (χ1n) is 21.1. The molecule has 0 saturated carbocycles. The van der Waals surface area contributed by atoms with E-state index in [1.165, 1.54) is 29.6 Å². The van der Waals surface area contributed by atoms with Crippen LogP contribution in [0.25, 0.3) is 22.0 Å². The summed E-state index contributed by atoms with van der Waals surface area (Å²) < 4.78 is 30.3. The van der Waals surface area contributed by atoms with Gasteiger partial charge in [-0.1, -0.05) is 66.2 Å². The number of nitrogens with zero attached hydrogens (tertiary/aromatic N) is 6. The number of anilines is 3. The Bertz CT molecular complexity index is 2600. The molecule has 2 aliphatic heterocycles. The first-order valence-corrected chi connectivity index (χ1v) is 23.9. The molecule has 1 aromatic heterocycles. The third-order valence-corrected chi connectivity index (χ3v) is 14.8. The Morgan fingerprint density at radius 2 is 1.60 bits per heavy atom. The smallest absolute Gasteiger partial charge is 0.293 e. The molecule has 5 aromatic carbocycles. The van der Waals surface area contributed by atoms with E-state index >= 15 is 0 Å². The van der Waals surface area contributed by atoms with Crippen molar-refractivity contribution >= 4 is 67.2 Å². The fourth-order valence-corrected chi connectivity index (χ4v) is 10.7. The Hall–Kier alpha value is -5.25. The third kappa shape index (κ3) is 10.3. The van der Waals surface area contributed by atoms with Gasteiger partial charge in [-0.3, -0.25) is 24.6 Å². The SMILES string of the molecule is C[C@H]1CC[C@H](C)N1CC[C@H](CSc1ccccc1)Nc1ccc(S(=O)(=O)Nc2ncnc3cc(N4CCN(Cc5ccccc5-c5ccc(Cl)cc5)CC4)ccc23)cc1[N+](=O)[O-]. The van der Waals surface area contributed by atoms with Gasteiger partial charge in [0, 0.05) is 90.2 Å². The van der Waals surface area contributed by atoms with Gasteiger partial charge in [0.15, 0.2) is 5.82 Å². The van der Waals surface area contributed by atoms with Crippen molar-refractivity contribution in [2.75, 3.05) is 53.4 Å². The standard InChI is InChI=1S/C47H51ClN8O4S2/c1-33-12-13-34(2)55(33)23-22-38(31-61-40-9-4-3-5-10-40)51-44-21-19-41(29-46(44)56(57)58)62(59,60)52-47-43-20-18-39(28-45(43)49-32-50-47)54-26-24-53(25-27-54)30-36-8-6-7-11-42(36)35-14-16-37(48)17-15-35/h3-11,14-21,28-29,32-34,38,51H,12-13,22-27,30-31H2,1-2H3,(H,49,50,52)/t33-,34-,38+/m0/s1. The number of rotatable bonds is 16. The largest absolute Gasteiger partial charge is 0.376 e. The van der Waals surface area contributed by atoms with Crippen LogP contribution in [0.1, 0.15) is 38.7 Å². The molecule has 2 aliphatic rings. The summed E-state index contributed by atoms with van der Waals surface area (Å²) >= 11 is 7.84. The number of piperazine rings is 1. The Balaban J connectivity index is 0.940. The van der Waals surface area contributed by atoms with Gasteiger partial charge in [-0.2, -0.15) is 0 Å². The van der Waals surface area contributed by atoms with E-state index in [-0.39, 0.29) is 28.1 Å². The van der Waals surface area contributed by atoms with Crippen molar-refractivity contribution in [1.82, 2.24) is 19.8 Å². The van der Waals surface area contributed by atoms with E-state index in [0.717, 1.165) is 80.7 Å². The second-order valence-corrected chi connectivity index (χ2v) is 19.4. The number of hydrogen-bond acceptors (Lipinski definition) is 11. The maximum absolute atomic E-state index is 13.9. The Labute approximate surface area is 372 Å². The van der Waals surface area contributed by atoms with Crippen LogP contribution in [0.3, 0.4) is 0 Å². The molecular weight excluding hydrogens is 840 g/mol. The maximum atomic E-state index is 13.9. The highest BCUT2D eigenvalue weighted by Gasteiger charge is 2.29. The fraction of sp³-hybridized carbons (Fsp3) is 0.319. The molecule has 8 rings (SSSR count). The molecule has 3 heterocycles. The van der Waals surface area contributed by atoms with Crippen LogP contribution < -0.4 is 14.9 Å². The maximum Gasteiger partial charge on any atom is 0.293 e. The quantitative estimate of drug-likeness (QED) is 0.0546. The second kappa shape index (κ2) is 19.4. The minimum Gasteiger partial charge on any atom is -0.376 e. The Kier molecular flexibility index (Phi) is 13.6. The first kappa shape index (κ1) is 43.4. The lowest BCUT2D eigenvalue weighted by molar-refractivity contribution is -0.384. The zero-order valence-corrected chi connectivity index (χ0v) is 37.2. The highest BCUT2D eigenvalue weighted by atomic mass is 35.5. The van der Waals surface area contributed by atoms with Crippen molar-refractivity contribution in [2.24, 2.45) is 0 Å². The summed E-state index contributed by atoms with van der Waals surface area (Å²) in [6.07, 6.45) is 4.40. The summed E-state index contributed by atoms with van der Waals surface area (Å²) in [5.74, 6) is 0.776. The molecule has 6 aromatic rings. The minimum absolute atomic E-state index is 0.0962. The van der Waals surface area contributed by atoms with Gasteiger partial charge < -0.3 is 10.2 Å². The summed E-state index contributed by atoms with van der Waals surface area (Å²) in [6.45, 7) is 9.54. The summed E-state index contributed by atoms with van der Waals surface area (Å²) in [7, 11) is -4.28. The van der Waals surface area contributed by atoms with Crippen LogP contribution >= 0.6 is 23.4 Å². The number of halogens is 1. The number of thioether (sulfide) groups is 1. The van der Waals surface area contributed by atoms with Crippen LogP contribution in [-0.4, -0.2) is 89.7 Å². The lowest BCUT2D eigenvalue weighted by atomic mass is 9.99. The van der Waals surface area contributed by atoms with E-state index in [1.54, 1.807) is 11.8 Å². The van der Waals surface area contributed by atoms with Crippen molar-refractivity contribution in [2.45, 2.75) is 67.6 Å². The van der Waals surface area contributed by atoms with Gasteiger partial charge in [0.05, 0.1) is 15.3 Å². The lowest BCUT2D eigenvalue weighted by Gasteiger charge is -2.36. The number of sulfonamides is 1. The van der Waals surface area contributed by atoms with Crippen molar-refractivity contribution in [1.29, 1.82) is 0 Å². The molecule has 0 spiro atoms. The zero-order valence-electron chi connectivity index (χ0n) is 34.9. The summed E-state index contributed by atoms with van der Waals surface area (Å²) in [4.78, 5) is 28.9. The predicted molar refractivity (Wildman–Crippen MR) is 252 cm³/mol. The Morgan fingerprint density at radius 1 is 0.871 bits per heavy atom. The number of likely N-dealkylation sites (tertiary alicyclic amines) is 1. The summed E-state index contributed by atoms with van der Waals surface area (Å²) in [5, 5.41) is 17.2. The summed E-state index contributed by atoms with van der Waals surface area (Å²) in [5.41, 5.74) is 5.13. The van der Waals surface area contributed by atoms with Gasteiger partial charge in [0.1, 0.15) is 12.0 Å². The van der Waals surface area contributed by atoms with Crippen molar-refractivity contribution in [3.8, 4) is 11.1 Å². The fourth-order valence-electron chi connectivity index (χ4n) is 8.56. The van der Waals surface area contributed by atoms with Gasteiger partial charge in [-0.05, 0) is 104 Å². The molecule has 62 heavy (non-hydrogen) atoms. The minimum atomic E-state index is -4.28. The second-order valence-electron chi connectivity index (χ2n) is 16.2. The Morgan fingerprint density at radius 3 is 2.34 bits per heavy atom. The molecule has 15 heteroatoms. The number of nitro groups is 1. The molecule has 0 aliphatic carbocycles. The molecular formula is C47H51ClN8O4S2. The van der Waals surface area contributed by atoms with Crippen molar-refractivity contribution in [3.05, 3.63) is 142 Å². The van der Waals surface area contributed by atoms with Gasteiger partial charge in [-0.15, -0.1) is 11.8 Å². The number of aromatic nitrogens is 2. The molecule has 0 radical (unpaired) electrons. The monoisotopic (exact) mass is 890 g/mol. The summed E-state index contributed by atoms with van der Waals surface area (Å²) in [6, 6.07) is 37.1. The van der Waals surface area contributed by atoms with E-state index < -0.39 is 14.9 Å². The molecule has 0 unspecified atom stereocenters. The highest BCUT2D eigenvalue weighted by Crippen LogP contribution is 2.33. The van der Waals surface area contributed by atoms with E-state index in [2.05, 4.69) is 97.1 Å². The van der Waals surface area contributed by atoms with E-state index in [0.29, 0.717) is 33.8 Å². The van der Waals surface area contributed by atoms with Crippen LogP contribution in [0, 0.1) is 10.1 Å². The molecule has 3 atom stereocenters. The van der Waals surface area contributed by atoms with Gasteiger partial charge in [0.25, 0.3) is 15.7 Å². The average Bonchev–Trinajstić information content (AvgIpc) is 3.61. The molecule has 322 valence electrons. The molecule has 2 fully saturated rings. The predicted octanol–water partition coefficient (Wildman–Crippen LogP) is 9.82. The van der Waals surface area contributed by atoms with E-state index in [4.69, 9.17) is 11.6 Å². The number of fused-ring (bicyclic) bond motifs is 1. The van der Waals surface area contributed by atoms with Crippen LogP contribution in [0.15, 0.2) is 131 Å². The molecule has 0 amide bonds. The van der Waals surface area contributed by atoms with Crippen LogP contribution in [-0.2, 0) is 16.6 Å². The van der Waals surface area contributed by atoms with Crippen molar-refractivity contribution in [3.63, 3.8) is 0 Å². The van der Waals surface area contributed by atoms with E-state index in [1.807, 2.05) is 48.5 Å². The molecule has 2 saturated heterocycles. The molecule has 2 N–H and O–H groups in total. The van der Waals surface area contributed by atoms with Gasteiger partial charge in [0.2, 0.25) is 0 Å². The molecule has 0 bridgehead atoms. The highest BCUT2D eigenvalue weighted by molar-refractivity contribution is 7.99. The van der Waals surface area contributed by atoms with Gasteiger partial charge in [-0.25, -0.2) is 18.4 Å². The number of nitrogens with one attached hydrogen (secondary N) is 2. The van der Waals surface area contributed by atoms with Crippen molar-refractivity contribution < 1.29 is 13.3 Å². The number of benzene rings is 5. The first-order chi connectivity index (χ1) is 30.0. The number of nitro benzene ring substituents is 1. The van der Waals surface area contributed by atoms with Crippen LogP contribution in [0.4, 0.5) is 22.9 Å².